The second kappa shape index (κ2) is 8.89. The van der Waals surface area contributed by atoms with Gasteiger partial charge in [0.05, 0.1) is 18.0 Å². The first-order chi connectivity index (χ1) is 13.2. The number of amides is 1. The molecule has 0 radical (unpaired) electrons. The molecule has 9 heteroatoms. The van der Waals surface area contributed by atoms with Gasteiger partial charge >= 0.3 is 0 Å². The van der Waals surface area contributed by atoms with Gasteiger partial charge in [0.15, 0.2) is 5.69 Å². The van der Waals surface area contributed by atoms with E-state index in [0.29, 0.717) is 36.4 Å². The molecule has 152 valence electrons. The topological polar surface area (TPSA) is 81.5 Å². The normalized spacial score (nSPS) is 20.7. The van der Waals surface area contributed by atoms with Gasteiger partial charge < -0.3 is 19.7 Å². The predicted molar refractivity (Wildman–Crippen MR) is 106 cm³/mol. The van der Waals surface area contributed by atoms with Crippen LogP contribution in [0.5, 0.6) is 5.75 Å². The predicted octanol–water partition coefficient (Wildman–Crippen LogP) is 1.31. The van der Waals surface area contributed by atoms with Crippen molar-refractivity contribution in [2.24, 2.45) is 11.8 Å². The van der Waals surface area contributed by atoms with Crippen molar-refractivity contribution in [2.75, 3.05) is 46.5 Å². The van der Waals surface area contributed by atoms with Crippen LogP contribution in [-0.2, 0) is 4.74 Å². The number of benzene rings is 1. The molecule has 0 saturated carbocycles. The van der Waals surface area contributed by atoms with Gasteiger partial charge in [0.25, 0.3) is 5.91 Å². The average Bonchev–Trinajstić information content (AvgIpc) is 3.36. The van der Waals surface area contributed by atoms with Crippen LogP contribution >= 0.6 is 12.4 Å². The number of likely N-dealkylation sites (tertiary alicyclic amines) is 1. The van der Waals surface area contributed by atoms with Crippen molar-refractivity contribution in [1.82, 2.24) is 25.2 Å². The number of aryl methyl sites for hydroxylation is 1. The number of ether oxygens (including phenoxy) is 2. The van der Waals surface area contributed by atoms with E-state index >= 15 is 0 Å². The standard InChI is InChI=1S/C19H25N5O3.ClH/c1-13-18(19(25)23-11-14-9-20-10-15(14)12-23)22-24(21-13)16-3-5-17(6-4-16)27-8-7-26-2;/h3-6,14-15,20H,7-12H2,1-2H3;1H/t14-,15+;. The Morgan fingerprint density at radius 1 is 1.14 bits per heavy atom. The molecule has 1 aromatic heterocycles. The zero-order chi connectivity index (χ0) is 18.8. The smallest absolute Gasteiger partial charge is 0.276 e. The summed E-state index contributed by atoms with van der Waals surface area (Å²) in [7, 11) is 1.64. The van der Waals surface area contributed by atoms with Crippen LogP contribution in [0.15, 0.2) is 24.3 Å². The highest BCUT2D eigenvalue weighted by Gasteiger charge is 2.39. The Labute approximate surface area is 170 Å². The van der Waals surface area contributed by atoms with Crippen molar-refractivity contribution in [3.05, 3.63) is 35.7 Å². The number of nitrogens with one attached hydrogen (secondary N) is 1. The summed E-state index contributed by atoms with van der Waals surface area (Å²) in [6.45, 7) is 6.48. The minimum atomic E-state index is -0.0207. The maximum atomic E-state index is 12.9. The summed E-state index contributed by atoms with van der Waals surface area (Å²) in [5.41, 5.74) is 1.87. The lowest BCUT2D eigenvalue weighted by Gasteiger charge is -2.16. The molecule has 3 heterocycles. The molecule has 1 amide bonds. The molecule has 1 aromatic carbocycles. The minimum absolute atomic E-state index is 0. The molecule has 4 rings (SSSR count). The van der Waals surface area contributed by atoms with Gasteiger partial charge in [-0.15, -0.1) is 17.5 Å². The molecule has 0 aliphatic carbocycles. The molecule has 2 aliphatic rings. The van der Waals surface area contributed by atoms with Crippen LogP contribution < -0.4 is 10.1 Å². The van der Waals surface area contributed by atoms with Crippen molar-refractivity contribution < 1.29 is 14.3 Å². The zero-order valence-corrected chi connectivity index (χ0v) is 16.9. The van der Waals surface area contributed by atoms with Gasteiger partial charge in [-0.05, 0) is 43.0 Å². The summed E-state index contributed by atoms with van der Waals surface area (Å²) in [6, 6.07) is 7.48. The van der Waals surface area contributed by atoms with E-state index in [2.05, 4.69) is 15.5 Å². The zero-order valence-electron chi connectivity index (χ0n) is 16.1. The summed E-state index contributed by atoms with van der Waals surface area (Å²) < 4.78 is 10.5. The van der Waals surface area contributed by atoms with Crippen LogP contribution in [0.4, 0.5) is 0 Å². The van der Waals surface area contributed by atoms with Gasteiger partial charge in [0.2, 0.25) is 0 Å². The number of aromatic nitrogens is 3. The Hall–Kier alpha value is -2.16. The first kappa shape index (κ1) is 20.6. The lowest BCUT2D eigenvalue weighted by molar-refractivity contribution is 0.0774. The van der Waals surface area contributed by atoms with Crippen molar-refractivity contribution >= 4 is 18.3 Å². The number of rotatable bonds is 6. The Morgan fingerprint density at radius 3 is 2.46 bits per heavy atom. The van der Waals surface area contributed by atoms with Gasteiger partial charge in [-0.2, -0.15) is 9.90 Å². The number of halogens is 1. The molecule has 28 heavy (non-hydrogen) atoms. The SMILES string of the molecule is COCCOc1ccc(-n2nc(C)c(C(=O)N3C[C@H]4CNC[C@H]4C3)n2)cc1.Cl. The fourth-order valence-electron chi connectivity index (χ4n) is 3.78. The molecule has 0 bridgehead atoms. The first-order valence-electron chi connectivity index (χ1n) is 9.32. The van der Waals surface area contributed by atoms with Crippen LogP contribution in [0, 0.1) is 18.8 Å². The van der Waals surface area contributed by atoms with E-state index in [-0.39, 0.29) is 18.3 Å². The molecule has 2 aliphatic heterocycles. The summed E-state index contributed by atoms with van der Waals surface area (Å²) in [6.07, 6.45) is 0. The molecule has 2 aromatic rings. The second-order valence-electron chi connectivity index (χ2n) is 7.15. The fraction of sp³-hybridized carbons (Fsp3) is 0.526. The Morgan fingerprint density at radius 2 is 1.82 bits per heavy atom. The highest BCUT2D eigenvalue weighted by atomic mass is 35.5. The van der Waals surface area contributed by atoms with Crippen molar-refractivity contribution in [3.8, 4) is 11.4 Å². The van der Waals surface area contributed by atoms with Gasteiger partial charge in [-0.25, -0.2) is 0 Å². The van der Waals surface area contributed by atoms with E-state index in [4.69, 9.17) is 9.47 Å². The molecular formula is C19H26ClN5O3. The summed E-state index contributed by atoms with van der Waals surface area (Å²) in [4.78, 5) is 16.3. The third kappa shape index (κ3) is 4.14. The van der Waals surface area contributed by atoms with E-state index in [1.807, 2.05) is 36.1 Å². The largest absolute Gasteiger partial charge is 0.491 e. The third-order valence-electron chi connectivity index (χ3n) is 5.29. The second-order valence-corrected chi connectivity index (χ2v) is 7.15. The van der Waals surface area contributed by atoms with Gasteiger partial charge in [-0.1, -0.05) is 0 Å². The van der Waals surface area contributed by atoms with E-state index < -0.39 is 0 Å². The van der Waals surface area contributed by atoms with E-state index in [1.165, 1.54) is 4.80 Å². The quantitative estimate of drug-likeness (QED) is 0.727. The number of fused-ring (bicyclic) bond motifs is 1. The highest BCUT2D eigenvalue weighted by Crippen LogP contribution is 2.27. The van der Waals surface area contributed by atoms with Crippen LogP contribution in [0.25, 0.3) is 5.69 Å². The van der Waals surface area contributed by atoms with Gasteiger partial charge in [0.1, 0.15) is 12.4 Å². The Kier molecular flexibility index (Phi) is 6.53. The van der Waals surface area contributed by atoms with Gasteiger partial charge in [-0.3, -0.25) is 4.79 Å². The fourth-order valence-corrected chi connectivity index (χ4v) is 3.78. The molecule has 2 fully saturated rings. The minimum Gasteiger partial charge on any atom is -0.491 e. The number of methoxy groups -OCH3 is 1. The molecule has 8 nitrogen and oxygen atoms in total. The average molecular weight is 408 g/mol. The summed E-state index contributed by atoms with van der Waals surface area (Å²) in [5, 5.41) is 12.3. The maximum absolute atomic E-state index is 12.9. The molecule has 2 saturated heterocycles. The first-order valence-corrected chi connectivity index (χ1v) is 9.32. The Balaban J connectivity index is 0.00000225. The monoisotopic (exact) mass is 407 g/mol. The number of carbonyl (C=O) groups is 1. The highest BCUT2D eigenvalue weighted by molar-refractivity contribution is 5.93. The van der Waals surface area contributed by atoms with E-state index in [9.17, 15) is 4.79 Å². The maximum Gasteiger partial charge on any atom is 0.276 e. The lowest BCUT2D eigenvalue weighted by Crippen LogP contribution is -2.32. The molecular weight excluding hydrogens is 382 g/mol. The summed E-state index contributed by atoms with van der Waals surface area (Å²) in [5.74, 6) is 1.87. The Bertz CT molecular complexity index is 798. The van der Waals surface area contributed by atoms with Crippen molar-refractivity contribution in [1.29, 1.82) is 0 Å². The van der Waals surface area contributed by atoms with Crippen LogP contribution in [0.2, 0.25) is 0 Å². The van der Waals surface area contributed by atoms with Crippen LogP contribution in [0.1, 0.15) is 16.2 Å². The van der Waals surface area contributed by atoms with E-state index in [1.54, 1.807) is 7.11 Å². The molecule has 2 atom stereocenters. The molecule has 0 spiro atoms. The van der Waals surface area contributed by atoms with Crippen LogP contribution in [-0.4, -0.2) is 72.3 Å². The van der Waals surface area contributed by atoms with E-state index in [0.717, 1.165) is 37.6 Å². The molecule has 0 unspecified atom stereocenters. The van der Waals surface area contributed by atoms with Gasteiger partial charge in [0, 0.05) is 33.3 Å². The van der Waals surface area contributed by atoms with Crippen molar-refractivity contribution in [3.63, 3.8) is 0 Å². The molecule has 1 N–H and O–H groups in total. The van der Waals surface area contributed by atoms with Crippen molar-refractivity contribution in [2.45, 2.75) is 6.92 Å². The summed E-state index contributed by atoms with van der Waals surface area (Å²) >= 11 is 0. The van der Waals surface area contributed by atoms with Crippen LogP contribution in [0.3, 0.4) is 0 Å². The lowest BCUT2D eigenvalue weighted by atomic mass is 10.0. The number of nitrogens with zero attached hydrogens (tertiary/aromatic N) is 4. The number of hydrogen-bond acceptors (Lipinski definition) is 6. The number of carbonyl (C=O) groups excluding carboxylic acids is 1. The number of hydrogen-bond donors (Lipinski definition) is 1. The third-order valence-corrected chi connectivity index (χ3v) is 5.29.